The van der Waals surface area contributed by atoms with Gasteiger partial charge in [0.15, 0.2) is 0 Å². The van der Waals surface area contributed by atoms with Crippen LogP contribution in [0, 0.1) is 41.2 Å². The summed E-state index contributed by atoms with van der Waals surface area (Å²) in [7, 11) is 0. The van der Waals surface area contributed by atoms with Crippen molar-refractivity contribution in [3.05, 3.63) is 80.1 Å². The van der Waals surface area contributed by atoms with Gasteiger partial charge in [-0.2, -0.15) is 10.5 Å². The largest absolute Gasteiger partial charge is 0.349 e. The molecule has 0 aliphatic heterocycles. The molecule has 8 heteroatoms. The van der Waals surface area contributed by atoms with E-state index in [-0.39, 0.29) is 34.1 Å². The lowest BCUT2D eigenvalue weighted by Gasteiger charge is -2.16. The summed E-state index contributed by atoms with van der Waals surface area (Å²) < 4.78 is 28.2. The van der Waals surface area contributed by atoms with Crippen LogP contribution in [0.4, 0.5) is 8.78 Å². The molecule has 3 rings (SSSR count). The van der Waals surface area contributed by atoms with Crippen molar-refractivity contribution in [2.45, 2.75) is 26.3 Å². The molecule has 2 N–H and O–H groups in total. The molecule has 2 aromatic carbocycles. The Labute approximate surface area is 170 Å². The summed E-state index contributed by atoms with van der Waals surface area (Å²) in [6.45, 7) is 3.12. The highest BCUT2D eigenvalue weighted by molar-refractivity contribution is 5.90. The van der Waals surface area contributed by atoms with E-state index in [0.717, 1.165) is 12.1 Å². The molecule has 1 atom stereocenters. The molecule has 0 unspecified atom stereocenters. The molecule has 0 aliphatic carbocycles. The van der Waals surface area contributed by atoms with E-state index < -0.39 is 29.1 Å². The third-order valence-electron chi connectivity index (χ3n) is 4.93. The van der Waals surface area contributed by atoms with Gasteiger partial charge in [0.1, 0.15) is 17.7 Å². The van der Waals surface area contributed by atoms with E-state index >= 15 is 0 Å². The number of nitriles is 2. The number of halogens is 2. The van der Waals surface area contributed by atoms with Crippen molar-refractivity contribution in [2.24, 2.45) is 0 Å². The SMILES string of the molecule is Cc1c(CC(=O)N[C@@H](C)c2ccc(C#N)cc2F)c(=O)[nH]c2ccc(F)c(C#N)c12. The molecule has 1 amide bonds. The molecule has 6 nitrogen and oxygen atoms in total. The smallest absolute Gasteiger partial charge is 0.252 e. The Hall–Kier alpha value is -4.04. The Morgan fingerprint density at radius 2 is 1.90 bits per heavy atom. The van der Waals surface area contributed by atoms with Crippen LogP contribution in [0.2, 0.25) is 0 Å². The summed E-state index contributed by atoms with van der Waals surface area (Å²) in [5.74, 6) is -1.90. The average molecular weight is 406 g/mol. The van der Waals surface area contributed by atoms with Gasteiger partial charge in [0.25, 0.3) is 5.56 Å². The van der Waals surface area contributed by atoms with Crippen molar-refractivity contribution in [2.75, 3.05) is 0 Å². The van der Waals surface area contributed by atoms with E-state index in [1.165, 1.54) is 18.2 Å². The number of aromatic nitrogens is 1. The molecule has 0 radical (unpaired) electrons. The third-order valence-corrected chi connectivity index (χ3v) is 4.93. The van der Waals surface area contributed by atoms with E-state index in [0.29, 0.717) is 11.1 Å². The zero-order chi connectivity index (χ0) is 22.0. The van der Waals surface area contributed by atoms with Gasteiger partial charge >= 0.3 is 0 Å². The van der Waals surface area contributed by atoms with E-state index in [1.54, 1.807) is 19.9 Å². The van der Waals surface area contributed by atoms with Crippen LogP contribution in [-0.4, -0.2) is 10.9 Å². The minimum Gasteiger partial charge on any atom is -0.349 e. The molecular weight excluding hydrogens is 390 g/mol. The number of amides is 1. The van der Waals surface area contributed by atoms with E-state index in [9.17, 15) is 23.6 Å². The fourth-order valence-corrected chi connectivity index (χ4v) is 3.39. The Morgan fingerprint density at radius 1 is 1.17 bits per heavy atom. The fraction of sp³-hybridized carbons (Fsp3) is 0.182. The summed E-state index contributed by atoms with van der Waals surface area (Å²) in [6, 6.07) is 9.29. The maximum absolute atomic E-state index is 14.2. The van der Waals surface area contributed by atoms with Gasteiger partial charge in [-0.3, -0.25) is 9.59 Å². The average Bonchev–Trinajstić information content (AvgIpc) is 2.71. The molecular formula is C22H16F2N4O2. The molecule has 0 saturated carbocycles. The first-order valence-corrected chi connectivity index (χ1v) is 8.99. The number of hydrogen-bond donors (Lipinski definition) is 2. The Bertz CT molecular complexity index is 1320. The van der Waals surface area contributed by atoms with E-state index in [1.807, 2.05) is 6.07 Å². The topological polar surface area (TPSA) is 110 Å². The number of H-pyrrole nitrogens is 1. The number of pyridine rings is 1. The summed E-state index contributed by atoms with van der Waals surface area (Å²) in [6.07, 6.45) is -0.333. The van der Waals surface area contributed by atoms with Crippen LogP contribution in [0.3, 0.4) is 0 Å². The second kappa shape index (κ2) is 8.14. The quantitative estimate of drug-likeness (QED) is 0.693. The van der Waals surface area contributed by atoms with Crippen LogP contribution in [0.15, 0.2) is 35.1 Å². The minimum absolute atomic E-state index is 0.0922. The minimum atomic E-state index is -0.722. The molecule has 1 aromatic heterocycles. The maximum Gasteiger partial charge on any atom is 0.252 e. The van der Waals surface area contributed by atoms with Crippen LogP contribution < -0.4 is 10.9 Å². The second-order valence-corrected chi connectivity index (χ2v) is 6.83. The number of nitrogens with one attached hydrogen (secondary N) is 2. The number of rotatable bonds is 4. The first-order valence-electron chi connectivity index (χ1n) is 8.99. The van der Waals surface area contributed by atoms with Crippen molar-refractivity contribution in [1.82, 2.24) is 10.3 Å². The molecule has 3 aromatic rings. The lowest BCUT2D eigenvalue weighted by Crippen LogP contribution is -2.31. The molecule has 0 fully saturated rings. The van der Waals surface area contributed by atoms with Crippen molar-refractivity contribution in [1.29, 1.82) is 10.5 Å². The van der Waals surface area contributed by atoms with E-state index in [2.05, 4.69) is 10.3 Å². The van der Waals surface area contributed by atoms with Gasteiger partial charge in [-0.15, -0.1) is 0 Å². The monoisotopic (exact) mass is 406 g/mol. The molecule has 0 aliphatic rings. The highest BCUT2D eigenvalue weighted by Gasteiger charge is 2.19. The first kappa shape index (κ1) is 20.7. The van der Waals surface area contributed by atoms with Gasteiger partial charge in [-0.25, -0.2) is 8.78 Å². The van der Waals surface area contributed by atoms with Crippen molar-refractivity contribution >= 4 is 16.8 Å². The summed E-state index contributed by atoms with van der Waals surface area (Å²) in [5, 5.41) is 20.9. The number of carbonyl (C=O) groups excluding carboxylic acids is 1. The molecule has 30 heavy (non-hydrogen) atoms. The third kappa shape index (κ3) is 3.76. The highest BCUT2D eigenvalue weighted by Crippen LogP contribution is 2.24. The predicted molar refractivity (Wildman–Crippen MR) is 105 cm³/mol. The summed E-state index contributed by atoms with van der Waals surface area (Å²) in [5.41, 5.74) is 0.340. The van der Waals surface area contributed by atoms with Gasteiger partial charge in [0.05, 0.1) is 35.2 Å². The number of nitrogens with zero attached hydrogens (tertiary/aromatic N) is 2. The molecule has 150 valence electrons. The Morgan fingerprint density at radius 3 is 2.53 bits per heavy atom. The van der Waals surface area contributed by atoms with Gasteiger partial charge in [-0.1, -0.05) is 6.07 Å². The van der Waals surface area contributed by atoms with Crippen LogP contribution in [0.1, 0.15) is 40.8 Å². The lowest BCUT2D eigenvalue weighted by atomic mass is 9.98. The first-order chi connectivity index (χ1) is 14.3. The number of benzene rings is 2. The Balaban J connectivity index is 1.91. The molecule has 0 spiro atoms. The molecule has 0 saturated heterocycles. The molecule has 1 heterocycles. The molecule has 0 bridgehead atoms. The number of carbonyl (C=O) groups is 1. The van der Waals surface area contributed by atoms with Crippen LogP contribution in [0.5, 0.6) is 0 Å². The van der Waals surface area contributed by atoms with Gasteiger partial charge in [0.2, 0.25) is 5.91 Å². The number of aromatic amines is 1. The summed E-state index contributed by atoms with van der Waals surface area (Å²) in [4.78, 5) is 27.5. The van der Waals surface area contributed by atoms with Crippen LogP contribution in [0.25, 0.3) is 10.9 Å². The van der Waals surface area contributed by atoms with E-state index in [4.69, 9.17) is 5.26 Å². The highest BCUT2D eigenvalue weighted by atomic mass is 19.1. The van der Waals surface area contributed by atoms with Gasteiger partial charge in [0, 0.05) is 16.5 Å². The lowest BCUT2D eigenvalue weighted by molar-refractivity contribution is -0.121. The van der Waals surface area contributed by atoms with Crippen molar-refractivity contribution in [3.63, 3.8) is 0 Å². The number of aryl methyl sites for hydroxylation is 1. The summed E-state index contributed by atoms with van der Waals surface area (Å²) >= 11 is 0. The van der Waals surface area contributed by atoms with Gasteiger partial charge < -0.3 is 10.3 Å². The fourth-order valence-electron chi connectivity index (χ4n) is 3.39. The predicted octanol–water partition coefficient (Wildman–Crippen LogP) is 3.28. The van der Waals surface area contributed by atoms with Crippen LogP contribution in [-0.2, 0) is 11.2 Å². The van der Waals surface area contributed by atoms with Crippen molar-refractivity contribution < 1.29 is 13.6 Å². The van der Waals surface area contributed by atoms with Crippen LogP contribution >= 0.6 is 0 Å². The standard InChI is InChI=1S/C22H16F2N4O2/c1-11-15(22(30)28-19-6-5-17(23)16(10-26)21(11)19)8-20(29)27-12(2)14-4-3-13(9-25)7-18(14)24/h3-7,12H,8H2,1-2H3,(H,27,29)(H,28,30)/t12-/m0/s1. The second-order valence-electron chi connectivity index (χ2n) is 6.83. The number of fused-ring (bicyclic) bond motifs is 1. The van der Waals surface area contributed by atoms with Crippen molar-refractivity contribution in [3.8, 4) is 12.1 Å². The Kier molecular flexibility index (Phi) is 5.61. The zero-order valence-corrected chi connectivity index (χ0v) is 16.1. The normalized spacial score (nSPS) is 11.5. The number of hydrogen-bond acceptors (Lipinski definition) is 4. The maximum atomic E-state index is 14.2. The zero-order valence-electron chi connectivity index (χ0n) is 16.1. The van der Waals surface area contributed by atoms with Gasteiger partial charge in [-0.05, 0) is 43.7 Å².